The molecule has 0 saturated carbocycles. The Labute approximate surface area is 126 Å². The maximum Gasteiger partial charge on any atom is 0.138 e. The summed E-state index contributed by atoms with van der Waals surface area (Å²) in [5, 5.41) is 3.41. The molecule has 0 spiro atoms. The third kappa shape index (κ3) is 4.90. The van der Waals surface area contributed by atoms with Crippen LogP contribution in [-0.2, 0) is 13.2 Å². The number of aryl methyl sites for hydroxylation is 2. The summed E-state index contributed by atoms with van der Waals surface area (Å²) in [6.45, 7) is 11.5. The van der Waals surface area contributed by atoms with E-state index in [0.717, 1.165) is 35.1 Å². The highest BCUT2D eigenvalue weighted by Crippen LogP contribution is 2.18. The lowest BCUT2D eigenvalue weighted by atomic mass is 10.1. The van der Waals surface area contributed by atoms with Crippen molar-refractivity contribution in [3.05, 3.63) is 47.2 Å². The molecule has 0 aliphatic carbocycles. The van der Waals surface area contributed by atoms with Gasteiger partial charge >= 0.3 is 0 Å². The zero-order chi connectivity index (χ0) is 15.5. The van der Waals surface area contributed by atoms with Gasteiger partial charge in [0.25, 0.3) is 0 Å². The third-order valence-corrected chi connectivity index (χ3v) is 3.14. The molecule has 0 atom stereocenters. The molecule has 0 radical (unpaired) electrons. The molecule has 1 N–H and O–H groups in total. The van der Waals surface area contributed by atoms with E-state index in [1.165, 1.54) is 0 Å². The van der Waals surface area contributed by atoms with Crippen LogP contribution in [-0.4, -0.2) is 10.5 Å². The Bertz CT molecular complexity index is 580. The van der Waals surface area contributed by atoms with Gasteiger partial charge in [0.2, 0.25) is 0 Å². The summed E-state index contributed by atoms with van der Waals surface area (Å²) in [5.41, 5.74) is 2.13. The lowest BCUT2D eigenvalue weighted by Gasteiger charge is -2.19. The molecule has 0 aromatic carbocycles. The van der Waals surface area contributed by atoms with Crippen LogP contribution in [0.15, 0.2) is 28.8 Å². The van der Waals surface area contributed by atoms with E-state index in [9.17, 15) is 0 Å². The highest BCUT2D eigenvalue weighted by Gasteiger charge is 2.12. The van der Waals surface area contributed by atoms with Crippen LogP contribution in [0.25, 0.3) is 0 Å². The lowest BCUT2D eigenvalue weighted by molar-refractivity contribution is 0.301. The average molecular weight is 288 g/mol. The molecule has 114 valence electrons. The van der Waals surface area contributed by atoms with Gasteiger partial charge in [0.05, 0.1) is 12.7 Å². The molecule has 2 aromatic rings. The fourth-order valence-electron chi connectivity index (χ4n) is 1.87. The number of ether oxygens (including phenoxy) is 1. The molecule has 0 fully saturated rings. The molecular weight excluding hydrogens is 264 g/mol. The van der Waals surface area contributed by atoms with Crippen molar-refractivity contribution < 1.29 is 9.15 Å². The first-order chi connectivity index (χ1) is 9.83. The zero-order valence-corrected chi connectivity index (χ0v) is 13.5. The van der Waals surface area contributed by atoms with Gasteiger partial charge in [0.1, 0.15) is 23.9 Å². The molecule has 0 aliphatic rings. The standard InChI is InChI=1S/C17H24N2O2/c1-12-6-7-15(9-18-12)20-11-14-8-16(21-13(14)2)10-19-17(3,4)5/h6-9,19H,10-11H2,1-5H3. The molecule has 4 nitrogen and oxygen atoms in total. The van der Waals surface area contributed by atoms with Crippen molar-refractivity contribution >= 4 is 0 Å². The third-order valence-electron chi connectivity index (χ3n) is 3.14. The van der Waals surface area contributed by atoms with Gasteiger partial charge in [-0.15, -0.1) is 0 Å². The van der Waals surface area contributed by atoms with Crippen LogP contribution in [0.1, 0.15) is 43.5 Å². The number of nitrogens with one attached hydrogen (secondary N) is 1. The molecule has 0 unspecified atom stereocenters. The van der Waals surface area contributed by atoms with Gasteiger partial charge in [-0.25, -0.2) is 0 Å². The van der Waals surface area contributed by atoms with Gasteiger partial charge in [0, 0.05) is 16.8 Å². The van der Waals surface area contributed by atoms with E-state index in [4.69, 9.17) is 9.15 Å². The second-order valence-electron chi connectivity index (χ2n) is 6.32. The molecule has 0 saturated heterocycles. The fourth-order valence-corrected chi connectivity index (χ4v) is 1.87. The number of nitrogens with zero attached hydrogens (tertiary/aromatic N) is 1. The normalized spacial score (nSPS) is 11.7. The first kappa shape index (κ1) is 15.6. The Hall–Kier alpha value is -1.81. The Balaban J connectivity index is 1.94. The Morgan fingerprint density at radius 1 is 1.24 bits per heavy atom. The number of hydrogen-bond donors (Lipinski definition) is 1. The smallest absolute Gasteiger partial charge is 0.138 e. The molecule has 21 heavy (non-hydrogen) atoms. The summed E-state index contributed by atoms with van der Waals surface area (Å²) < 4.78 is 11.5. The van der Waals surface area contributed by atoms with Crippen LogP contribution in [0, 0.1) is 13.8 Å². The van der Waals surface area contributed by atoms with Gasteiger partial charge in [-0.3, -0.25) is 4.98 Å². The van der Waals surface area contributed by atoms with Crippen molar-refractivity contribution in [3.8, 4) is 5.75 Å². The molecule has 0 amide bonds. The predicted molar refractivity (Wildman–Crippen MR) is 83.3 cm³/mol. The van der Waals surface area contributed by atoms with E-state index in [2.05, 4.69) is 37.1 Å². The number of aromatic nitrogens is 1. The zero-order valence-electron chi connectivity index (χ0n) is 13.5. The second-order valence-corrected chi connectivity index (χ2v) is 6.32. The Morgan fingerprint density at radius 2 is 2.00 bits per heavy atom. The first-order valence-corrected chi connectivity index (χ1v) is 7.22. The topological polar surface area (TPSA) is 47.3 Å². The highest BCUT2D eigenvalue weighted by molar-refractivity contribution is 5.23. The molecule has 0 bridgehead atoms. The Morgan fingerprint density at radius 3 is 2.62 bits per heavy atom. The van der Waals surface area contributed by atoms with Crippen molar-refractivity contribution in [3.63, 3.8) is 0 Å². The fraction of sp³-hybridized carbons (Fsp3) is 0.471. The summed E-state index contributed by atoms with van der Waals surface area (Å²) in [6.07, 6.45) is 1.74. The maximum absolute atomic E-state index is 5.76. The summed E-state index contributed by atoms with van der Waals surface area (Å²) >= 11 is 0. The molecular formula is C17H24N2O2. The van der Waals surface area contributed by atoms with Gasteiger partial charge in [-0.1, -0.05) is 0 Å². The van der Waals surface area contributed by atoms with E-state index < -0.39 is 0 Å². The summed E-state index contributed by atoms with van der Waals surface area (Å²) in [7, 11) is 0. The van der Waals surface area contributed by atoms with E-state index >= 15 is 0 Å². The van der Waals surface area contributed by atoms with Crippen molar-refractivity contribution in [2.75, 3.05) is 0 Å². The minimum Gasteiger partial charge on any atom is -0.487 e. The van der Waals surface area contributed by atoms with Crippen LogP contribution in [0.2, 0.25) is 0 Å². The number of furan rings is 1. The molecule has 4 heteroatoms. The quantitative estimate of drug-likeness (QED) is 0.910. The van der Waals surface area contributed by atoms with Crippen LogP contribution in [0.4, 0.5) is 0 Å². The Kier molecular flexibility index (Phi) is 4.68. The lowest BCUT2D eigenvalue weighted by Crippen LogP contribution is -2.34. The van der Waals surface area contributed by atoms with Crippen molar-refractivity contribution in [1.29, 1.82) is 0 Å². The summed E-state index contributed by atoms with van der Waals surface area (Å²) in [4.78, 5) is 4.22. The minimum atomic E-state index is 0.0743. The summed E-state index contributed by atoms with van der Waals surface area (Å²) in [5.74, 6) is 2.61. The predicted octanol–water partition coefficient (Wildman–Crippen LogP) is 3.76. The van der Waals surface area contributed by atoms with Crippen LogP contribution in [0.3, 0.4) is 0 Å². The van der Waals surface area contributed by atoms with Gasteiger partial charge in [0.15, 0.2) is 0 Å². The van der Waals surface area contributed by atoms with E-state index in [1.54, 1.807) is 6.20 Å². The van der Waals surface area contributed by atoms with Crippen LogP contribution >= 0.6 is 0 Å². The van der Waals surface area contributed by atoms with Gasteiger partial charge in [-0.05, 0) is 52.8 Å². The average Bonchev–Trinajstić information content (AvgIpc) is 2.76. The van der Waals surface area contributed by atoms with E-state index in [-0.39, 0.29) is 5.54 Å². The second kappa shape index (κ2) is 6.31. The van der Waals surface area contributed by atoms with Gasteiger partial charge in [-0.2, -0.15) is 0 Å². The number of rotatable bonds is 5. The largest absolute Gasteiger partial charge is 0.487 e. The number of hydrogen-bond acceptors (Lipinski definition) is 4. The van der Waals surface area contributed by atoms with Crippen molar-refractivity contribution in [1.82, 2.24) is 10.3 Å². The molecule has 0 aliphatic heterocycles. The SMILES string of the molecule is Cc1ccc(OCc2cc(CNC(C)(C)C)oc2C)cn1. The summed E-state index contributed by atoms with van der Waals surface area (Å²) in [6, 6.07) is 5.92. The van der Waals surface area contributed by atoms with E-state index in [1.807, 2.05) is 26.0 Å². The molecule has 2 heterocycles. The molecule has 2 rings (SSSR count). The van der Waals surface area contributed by atoms with Gasteiger partial charge < -0.3 is 14.5 Å². The highest BCUT2D eigenvalue weighted by atomic mass is 16.5. The monoisotopic (exact) mass is 288 g/mol. The van der Waals surface area contributed by atoms with Crippen LogP contribution in [0.5, 0.6) is 5.75 Å². The first-order valence-electron chi connectivity index (χ1n) is 7.22. The van der Waals surface area contributed by atoms with Crippen molar-refractivity contribution in [2.45, 2.75) is 53.3 Å². The maximum atomic E-state index is 5.76. The van der Waals surface area contributed by atoms with Crippen LogP contribution < -0.4 is 10.1 Å². The number of pyridine rings is 1. The molecule has 2 aromatic heterocycles. The van der Waals surface area contributed by atoms with Crippen molar-refractivity contribution in [2.24, 2.45) is 0 Å². The van der Waals surface area contributed by atoms with E-state index in [0.29, 0.717) is 6.61 Å². The minimum absolute atomic E-state index is 0.0743.